The zero-order valence-corrected chi connectivity index (χ0v) is 14.4. The van der Waals surface area contributed by atoms with Crippen LogP contribution < -0.4 is 0 Å². The highest BCUT2D eigenvalue weighted by atomic mass is 16.5. The molecule has 2 aliphatic carbocycles. The van der Waals surface area contributed by atoms with Crippen LogP contribution in [0.5, 0.6) is 0 Å². The molecule has 4 rings (SSSR count). The van der Waals surface area contributed by atoms with Gasteiger partial charge in [-0.25, -0.2) is 0 Å². The van der Waals surface area contributed by atoms with Crippen LogP contribution in [0.3, 0.4) is 0 Å². The standard InChI is InChI=1S/C21H26O2/c1-21(2,3)23-18-13-17(18)20-16-12-8-7-11-15(16)19(22-20)14-9-5-4-6-10-14/h4-6,9-10,17-18H,7-8,11-13H2,1-3H3. The maximum absolute atomic E-state index is 6.44. The summed E-state index contributed by atoms with van der Waals surface area (Å²) in [6.45, 7) is 6.40. The summed E-state index contributed by atoms with van der Waals surface area (Å²) in [5, 5.41) is 0. The van der Waals surface area contributed by atoms with E-state index in [1.165, 1.54) is 41.7 Å². The molecule has 1 aromatic carbocycles. The van der Waals surface area contributed by atoms with Crippen molar-refractivity contribution in [2.24, 2.45) is 0 Å². The Bertz CT molecular complexity index is 691. The fourth-order valence-electron chi connectivity index (χ4n) is 3.82. The fourth-order valence-corrected chi connectivity index (χ4v) is 3.82. The quantitative estimate of drug-likeness (QED) is 0.747. The molecule has 1 heterocycles. The van der Waals surface area contributed by atoms with Crippen molar-refractivity contribution in [1.82, 2.24) is 0 Å². The van der Waals surface area contributed by atoms with Crippen molar-refractivity contribution in [2.45, 2.75) is 70.5 Å². The summed E-state index contributed by atoms with van der Waals surface area (Å²) in [6.07, 6.45) is 6.31. The minimum Gasteiger partial charge on any atom is -0.460 e. The van der Waals surface area contributed by atoms with Gasteiger partial charge in [-0.2, -0.15) is 0 Å². The van der Waals surface area contributed by atoms with Gasteiger partial charge in [0, 0.05) is 17.0 Å². The van der Waals surface area contributed by atoms with Gasteiger partial charge in [-0.15, -0.1) is 0 Å². The number of ether oxygens (including phenoxy) is 1. The number of hydrogen-bond acceptors (Lipinski definition) is 2. The van der Waals surface area contributed by atoms with Gasteiger partial charge < -0.3 is 9.15 Å². The zero-order chi connectivity index (χ0) is 16.0. The molecule has 2 nitrogen and oxygen atoms in total. The molecule has 1 saturated carbocycles. The molecule has 1 fully saturated rings. The molecule has 2 aliphatic rings. The molecule has 1 aromatic heterocycles. The predicted molar refractivity (Wildman–Crippen MR) is 92.8 cm³/mol. The summed E-state index contributed by atoms with van der Waals surface area (Å²) < 4.78 is 12.6. The van der Waals surface area contributed by atoms with E-state index in [9.17, 15) is 0 Å². The first-order chi connectivity index (χ1) is 11.0. The van der Waals surface area contributed by atoms with Crippen molar-refractivity contribution < 1.29 is 9.15 Å². The first-order valence-electron chi connectivity index (χ1n) is 8.90. The minimum atomic E-state index is -0.0751. The molecular formula is C21H26O2. The maximum Gasteiger partial charge on any atom is 0.137 e. The Kier molecular flexibility index (Phi) is 3.60. The molecule has 23 heavy (non-hydrogen) atoms. The number of furan rings is 1. The normalized spacial score (nSPS) is 23.6. The molecule has 0 radical (unpaired) electrons. The highest BCUT2D eigenvalue weighted by molar-refractivity contribution is 5.65. The van der Waals surface area contributed by atoms with E-state index in [1.807, 2.05) is 0 Å². The molecule has 0 N–H and O–H groups in total. The molecule has 2 heteroatoms. The van der Waals surface area contributed by atoms with Crippen molar-refractivity contribution in [3.05, 3.63) is 47.2 Å². The maximum atomic E-state index is 6.44. The lowest BCUT2D eigenvalue weighted by molar-refractivity contribution is -0.0184. The summed E-state index contributed by atoms with van der Waals surface area (Å²) in [6, 6.07) is 10.6. The fraction of sp³-hybridized carbons (Fsp3) is 0.524. The molecule has 2 aromatic rings. The smallest absolute Gasteiger partial charge is 0.137 e. The van der Waals surface area contributed by atoms with Crippen molar-refractivity contribution in [2.75, 3.05) is 0 Å². The van der Waals surface area contributed by atoms with E-state index >= 15 is 0 Å². The lowest BCUT2D eigenvalue weighted by Gasteiger charge is -2.19. The van der Waals surface area contributed by atoms with Crippen LogP contribution in [0.25, 0.3) is 11.3 Å². The second-order valence-corrected chi connectivity index (χ2v) is 7.94. The Morgan fingerprint density at radius 2 is 1.70 bits per heavy atom. The van der Waals surface area contributed by atoms with Gasteiger partial charge >= 0.3 is 0 Å². The Labute approximate surface area is 138 Å². The van der Waals surface area contributed by atoms with Gasteiger partial charge in [-0.1, -0.05) is 30.3 Å². The van der Waals surface area contributed by atoms with E-state index in [4.69, 9.17) is 9.15 Å². The Balaban J connectivity index is 1.68. The second kappa shape index (κ2) is 5.52. The van der Waals surface area contributed by atoms with Gasteiger partial charge in [-0.3, -0.25) is 0 Å². The zero-order valence-electron chi connectivity index (χ0n) is 14.4. The predicted octanol–water partition coefficient (Wildman–Crippen LogP) is 5.50. The minimum absolute atomic E-state index is 0.0751. The van der Waals surface area contributed by atoms with Gasteiger partial charge in [0.15, 0.2) is 0 Å². The highest BCUT2D eigenvalue weighted by Crippen LogP contribution is 2.50. The number of hydrogen-bond donors (Lipinski definition) is 0. The van der Waals surface area contributed by atoms with Crippen molar-refractivity contribution in [3.8, 4) is 11.3 Å². The van der Waals surface area contributed by atoms with E-state index in [1.54, 1.807) is 0 Å². The summed E-state index contributed by atoms with van der Waals surface area (Å²) >= 11 is 0. The monoisotopic (exact) mass is 310 g/mol. The third-order valence-corrected chi connectivity index (χ3v) is 4.86. The van der Waals surface area contributed by atoms with Gasteiger partial charge in [-0.05, 0) is 58.4 Å². The molecule has 122 valence electrons. The SMILES string of the molecule is CC(C)(C)OC1CC1c1oc(-c2ccccc2)c2c1CCCC2. The van der Waals surface area contributed by atoms with Crippen LogP contribution in [0.2, 0.25) is 0 Å². The summed E-state index contributed by atoms with van der Waals surface area (Å²) in [5.41, 5.74) is 4.08. The lowest BCUT2D eigenvalue weighted by Crippen LogP contribution is -2.21. The first-order valence-corrected chi connectivity index (χ1v) is 8.90. The first kappa shape index (κ1) is 15.0. The molecule has 0 aliphatic heterocycles. The molecule has 0 bridgehead atoms. The third kappa shape index (κ3) is 2.97. The van der Waals surface area contributed by atoms with E-state index < -0.39 is 0 Å². The molecule has 2 unspecified atom stereocenters. The van der Waals surface area contributed by atoms with Gasteiger partial charge in [0.05, 0.1) is 11.7 Å². The molecule has 0 amide bonds. The summed E-state index contributed by atoms with van der Waals surface area (Å²) in [5.74, 6) is 2.78. The second-order valence-electron chi connectivity index (χ2n) is 7.94. The van der Waals surface area contributed by atoms with Crippen LogP contribution in [0.1, 0.15) is 62.8 Å². The third-order valence-electron chi connectivity index (χ3n) is 4.86. The van der Waals surface area contributed by atoms with E-state index in [-0.39, 0.29) is 5.60 Å². The van der Waals surface area contributed by atoms with Crippen LogP contribution >= 0.6 is 0 Å². The Morgan fingerprint density at radius 3 is 2.39 bits per heavy atom. The number of fused-ring (bicyclic) bond motifs is 1. The van der Waals surface area contributed by atoms with Crippen LogP contribution in [0.4, 0.5) is 0 Å². The summed E-state index contributed by atoms with van der Waals surface area (Å²) in [7, 11) is 0. The largest absolute Gasteiger partial charge is 0.460 e. The average Bonchev–Trinajstić information content (AvgIpc) is 3.15. The van der Waals surface area contributed by atoms with E-state index in [0.717, 1.165) is 18.6 Å². The Hall–Kier alpha value is -1.54. The van der Waals surface area contributed by atoms with Gasteiger partial charge in [0.1, 0.15) is 11.5 Å². The topological polar surface area (TPSA) is 22.4 Å². The van der Waals surface area contributed by atoms with Gasteiger partial charge in [0.25, 0.3) is 0 Å². The lowest BCUT2D eigenvalue weighted by atomic mass is 9.90. The van der Waals surface area contributed by atoms with E-state index in [0.29, 0.717) is 12.0 Å². The van der Waals surface area contributed by atoms with Crippen LogP contribution in [-0.4, -0.2) is 11.7 Å². The van der Waals surface area contributed by atoms with Crippen LogP contribution in [0.15, 0.2) is 34.7 Å². The van der Waals surface area contributed by atoms with Crippen molar-refractivity contribution >= 4 is 0 Å². The van der Waals surface area contributed by atoms with E-state index in [2.05, 4.69) is 51.1 Å². The number of rotatable bonds is 3. The number of benzene rings is 1. The van der Waals surface area contributed by atoms with Crippen molar-refractivity contribution in [3.63, 3.8) is 0 Å². The molecule has 0 spiro atoms. The Morgan fingerprint density at radius 1 is 1.00 bits per heavy atom. The summed E-state index contributed by atoms with van der Waals surface area (Å²) in [4.78, 5) is 0. The van der Waals surface area contributed by atoms with Crippen LogP contribution in [0, 0.1) is 0 Å². The van der Waals surface area contributed by atoms with Crippen LogP contribution in [-0.2, 0) is 17.6 Å². The average molecular weight is 310 g/mol. The molecule has 0 saturated heterocycles. The van der Waals surface area contributed by atoms with Crippen molar-refractivity contribution in [1.29, 1.82) is 0 Å². The van der Waals surface area contributed by atoms with Gasteiger partial charge in [0.2, 0.25) is 0 Å². The molecule has 2 atom stereocenters. The highest BCUT2D eigenvalue weighted by Gasteiger charge is 2.46. The molecular weight excluding hydrogens is 284 g/mol.